The molecule has 1 aromatic carbocycles. The molecule has 0 saturated carbocycles. The molecule has 3 nitrogen and oxygen atoms in total. The monoisotopic (exact) mass is 327 g/mol. The van der Waals surface area contributed by atoms with Gasteiger partial charge < -0.3 is 14.7 Å². The molecule has 1 atom stereocenters. The SMILES string of the molecule is CCOC1CCN(c2ccc(Br)cc2C(C)O)CC1. The van der Waals surface area contributed by atoms with Gasteiger partial charge in [0.05, 0.1) is 12.2 Å². The Hall–Kier alpha value is -0.580. The third-order valence-electron chi connectivity index (χ3n) is 3.62. The van der Waals surface area contributed by atoms with Gasteiger partial charge in [0.2, 0.25) is 0 Å². The first-order valence-electron chi connectivity index (χ1n) is 6.96. The van der Waals surface area contributed by atoms with Crippen molar-refractivity contribution in [1.29, 1.82) is 0 Å². The second kappa shape index (κ2) is 6.73. The Labute approximate surface area is 123 Å². The first kappa shape index (κ1) is 14.8. The van der Waals surface area contributed by atoms with E-state index in [1.54, 1.807) is 0 Å². The topological polar surface area (TPSA) is 32.7 Å². The summed E-state index contributed by atoms with van der Waals surface area (Å²) in [5.41, 5.74) is 2.14. The van der Waals surface area contributed by atoms with Crippen LogP contribution in [0.15, 0.2) is 22.7 Å². The summed E-state index contributed by atoms with van der Waals surface area (Å²) >= 11 is 3.47. The molecule has 106 valence electrons. The first-order valence-corrected chi connectivity index (χ1v) is 7.75. The maximum absolute atomic E-state index is 9.92. The van der Waals surface area contributed by atoms with E-state index in [0.717, 1.165) is 48.3 Å². The lowest BCUT2D eigenvalue weighted by atomic mass is 10.0. The number of aliphatic hydroxyl groups is 1. The summed E-state index contributed by atoms with van der Waals surface area (Å²) in [5, 5.41) is 9.92. The molecule has 2 rings (SSSR count). The molecule has 1 aliphatic heterocycles. The van der Waals surface area contributed by atoms with Gasteiger partial charge >= 0.3 is 0 Å². The first-order chi connectivity index (χ1) is 9.11. The Bertz CT molecular complexity index is 415. The average molecular weight is 328 g/mol. The fourth-order valence-electron chi connectivity index (χ4n) is 2.65. The molecule has 0 aliphatic carbocycles. The number of hydrogen-bond donors (Lipinski definition) is 1. The van der Waals surface area contributed by atoms with E-state index in [1.807, 2.05) is 26.0 Å². The zero-order valence-electron chi connectivity index (χ0n) is 11.6. The van der Waals surface area contributed by atoms with Crippen LogP contribution in [0.4, 0.5) is 5.69 Å². The fraction of sp³-hybridized carbons (Fsp3) is 0.600. The quantitative estimate of drug-likeness (QED) is 0.918. The van der Waals surface area contributed by atoms with E-state index in [1.165, 1.54) is 0 Å². The standard InChI is InChI=1S/C15H22BrNO2/c1-3-19-13-6-8-17(9-7-13)15-5-4-12(16)10-14(15)11(2)18/h4-5,10-11,13,18H,3,6-9H2,1-2H3. The maximum atomic E-state index is 9.92. The molecule has 4 heteroatoms. The Balaban J connectivity index is 2.11. The van der Waals surface area contributed by atoms with Crippen LogP contribution in [0.1, 0.15) is 38.4 Å². The van der Waals surface area contributed by atoms with E-state index >= 15 is 0 Å². The summed E-state index contributed by atoms with van der Waals surface area (Å²) in [6, 6.07) is 6.14. The van der Waals surface area contributed by atoms with Crippen LogP contribution in [0, 0.1) is 0 Å². The zero-order valence-corrected chi connectivity index (χ0v) is 13.2. The highest BCUT2D eigenvalue weighted by Gasteiger charge is 2.22. The van der Waals surface area contributed by atoms with Crippen LogP contribution >= 0.6 is 15.9 Å². The minimum Gasteiger partial charge on any atom is -0.389 e. The molecular weight excluding hydrogens is 306 g/mol. The van der Waals surface area contributed by atoms with Crippen LogP contribution in [0.25, 0.3) is 0 Å². The number of halogens is 1. The van der Waals surface area contributed by atoms with Crippen molar-refractivity contribution in [1.82, 2.24) is 0 Å². The number of aliphatic hydroxyl groups excluding tert-OH is 1. The van der Waals surface area contributed by atoms with Gasteiger partial charge in [-0.15, -0.1) is 0 Å². The molecule has 0 amide bonds. The largest absolute Gasteiger partial charge is 0.389 e. The van der Waals surface area contributed by atoms with Crippen molar-refractivity contribution in [3.63, 3.8) is 0 Å². The van der Waals surface area contributed by atoms with Gasteiger partial charge in [-0.2, -0.15) is 0 Å². The van der Waals surface area contributed by atoms with Crippen molar-refractivity contribution in [2.24, 2.45) is 0 Å². The lowest BCUT2D eigenvalue weighted by molar-refractivity contribution is 0.0458. The number of ether oxygens (including phenoxy) is 1. The summed E-state index contributed by atoms with van der Waals surface area (Å²) in [5.74, 6) is 0. The maximum Gasteiger partial charge on any atom is 0.0782 e. The molecule has 1 aromatic rings. The number of anilines is 1. The van der Waals surface area contributed by atoms with Gasteiger partial charge in [-0.05, 0) is 44.9 Å². The van der Waals surface area contributed by atoms with Gasteiger partial charge in [0.15, 0.2) is 0 Å². The lowest BCUT2D eigenvalue weighted by Crippen LogP contribution is -2.37. The Morgan fingerprint density at radius 3 is 2.68 bits per heavy atom. The molecule has 19 heavy (non-hydrogen) atoms. The van der Waals surface area contributed by atoms with Crippen molar-refractivity contribution in [3.8, 4) is 0 Å². The number of rotatable bonds is 4. The van der Waals surface area contributed by atoms with E-state index in [0.29, 0.717) is 6.10 Å². The molecule has 0 aromatic heterocycles. The summed E-state index contributed by atoms with van der Waals surface area (Å²) in [6.45, 7) is 6.64. The summed E-state index contributed by atoms with van der Waals surface area (Å²) in [7, 11) is 0. The predicted octanol–water partition coefficient (Wildman–Crippen LogP) is 3.51. The van der Waals surface area contributed by atoms with Gasteiger partial charge in [0, 0.05) is 35.4 Å². The van der Waals surface area contributed by atoms with E-state index < -0.39 is 6.10 Å². The molecule has 1 N–H and O–H groups in total. The zero-order chi connectivity index (χ0) is 13.8. The van der Waals surface area contributed by atoms with Crippen LogP contribution < -0.4 is 4.90 Å². The summed E-state index contributed by atoms with van der Waals surface area (Å²) in [6.07, 6.45) is 2.07. The Kier molecular flexibility index (Phi) is 5.25. The number of nitrogens with zero attached hydrogens (tertiary/aromatic N) is 1. The van der Waals surface area contributed by atoms with Crippen LogP contribution in [-0.2, 0) is 4.74 Å². The lowest BCUT2D eigenvalue weighted by Gasteiger charge is -2.35. The number of piperidine rings is 1. The number of hydrogen-bond acceptors (Lipinski definition) is 3. The van der Waals surface area contributed by atoms with E-state index in [4.69, 9.17) is 4.74 Å². The van der Waals surface area contributed by atoms with Crippen molar-refractivity contribution in [3.05, 3.63) is 28.2 Å². The second-order valence-corrected chi connectivity index (χ2v) is 5.94. The molecule has 0 bridgehead atoms. The van der Waals surface area contributed by atoms with Crippen LogP contribution in [-0.4, -0.2) is 30.9 Å². The minimum absolute atomic E-state index is 0.395. The van der Waals surface area contributed by atoms with Gasteiger partial charge in [-0.3, -0.25) is 0 Å². The molecular formula is C15H22BrNO2. The molecule has 1 fully saturated rings. The Morgan fingerprint density at radius 1 is 1.42 bits per heavy atom. The van der Waals surface area contributed by atoms with Crippen molar-refractivity contribution >= 4 is 21.6 Å². The highest BCUT2D eigenvalue weighted by molar-refractivity contribution is 9.10. The second-order valence-electron chi connectivity index (χ2n) is 5.02. The Morgan fingerprint density at radius 2 is 2.11 bits per heavy atom. The van der Waals surface area contributed by atoms with Gasteiger partial charge in [0.1, 0.15) is 0 Å². The van der Waals surface area contributed by atoms with Gasteiger partial charge in [-0.1, -0.05) is 15.9 Å². The van der Waals surface area contributed by atoms with Crippen molar-refractivity contribution in [2.45, 2.75) is 38.9 Å². The third kappa shape index (κ3) is 3.71. The predicted molar refractivity (Wildman–Crippen MR) is 81.6 cm³/mol. The van der Waals surface area contributed by atoms with Crippen LogP contribution in [0.2, 0.25) is 0 Å². The molecule has 1 heterocycles. The van der Waals surface area contributed by atoms with E-state index in [-0.39, 0.29) is 0 Å². The number of benzene rings is 1. The highest BCUT2D eigenvalue weighted by atomic mass is 79.9. The van der Waals surface area contributed by atoms with Gasteiger partial charge in [0.25, 0.3) is 0 Å². The highest BCUT2D eigenvalue weighted by Crippen LogP contribution is 2.31. The van der Waals surface area contributed by atoms with Crippen molar-refractivity contribution < 1.29 is 9.84 Å². The summed E-state index contributed by atoms with van der Waals surface area (Å²) < 4.78 is 6.69. The van der Waals surface area contributed by atoms with E-state index in [9.17, 15) is 5.11 Å². The molecule has 1 aliphatic rings. The van der Waals surface area contributed by atoms with Crippen molar-refractivity contribution in [2.75, 3.05) is 24.6 Å². The smallest absolute Gasteiger partial charge is 0.0782 e. The normalized spacial score (nSPS) is 18.6. The molecule has 1 saturated heterocycles. The van der Waals surface area contributed by atoms with Crippen LogP contribution in [0.3, 0.4) is 0 Å². The fourth-order valence-corrected chi connectivity index (χ4v) is 3.03. The minimum atomic E-state index is -0.447. The molecule has 0 radical (unpaired) electrons. The van der Waals surface area contributed by atoms with E-state index in [2.05, 4.69) is 26.9 Å². The molecule has 1 unspecified atom stereocenters. The summed E-state index contributed by atoms with van der Waals surface area (Å²) in [4.78, 5) is 2.35. The molecule has 0 spiro atoms. The third-order valence-corrected chi connectivity index (χ3v) is 4.12. The van der Waals surface area contributed by atoms with Crippen LogP contribution in [0.5, 0.6) is 0 Å². The average Bonchev–Trinajstić information content (AvgIpc) is 2.40. The van der Waals surface area contributed by atoms with Gasteiger partial charge in [-0.25, -0.2) is 0 Å².